The van der Waals surface area contributed by atoms with Gasteiger partial charge in [0.1, 0.15) is 0 Å². The third-order valence-electron chi connectivity index (χ3n) is 3.80. The number of benzene rings is 1. The average Bonchev–Trinajstić information content (AvgIpc) is 2.42. The lowest BCUT2D eigenvalue weighted by atomic mass is 9.98. The van der Waals surface area contributed by atoms with Crippen LogP contribution >= 0.6 is 0 Å². The van der Waals surface area contributed by atoms with Gasteiger partial charge in [-0.2, -0.15) is 0 Å². The number of likely N-dealkylation sites (tertiary alicyclic amines) is 1. The normalized spacial score (nSPS) is 19.4. The maximum absolute atomic E-state index is 11.9. The summed E-state index contributed by atoms with van der Waals surface area (Å²) >= 11 is 0. The number of piperidine rings is 1. The number of likely N-dealkylation sites (N-methyl/N-ethyl adjacent to an activating group) is 1. The molecule has 0 saturated carbocycles. The van der Waals surface area contributed by atoms with Crippen LogP contribution in [0.3, 0.4) is 0 Å². The number of ketones is 1. The molecule has 102 valence electrons. The first-order valence-electron chi connectivity index (χ1n) is 7.16. The number of hydrogen-bond acceptors (Lipinski definition) is 2. The number of nitrogens with zero attached hydrogens (tertiary/aromatic N) is 1. The molecule has 1 aromatic carbocycles. The molecule has 1 heterocycles. The molecule has 0 N–H and O–H groups in total. The molecule has 0 aromatic heterocycles. The Morgan fingerprint density at radius 1 is 1.26 bits per heavy atom. The quantitative estimate of drug-likeness (QED) is 0.773. The molecule has 1 aliphatic heterocycles. The highest BCUT2D eigenvalue weighted by molar-refractivity contribution is 6.00. The van der Waals surface area contributed by atoms with Crippen molar-refractivity contribution in [3.63, 3.8) is 0 Å². The van der Waals surface area contributed by atoms with Gasteiger partial charge < -0.3 is 0 Å². The molecule has 1 aliphatic rings. The fraction of sp³-hybridized carbons (Fsp3) is 0.471. The van der Waals surface area contributed by atoms with E-state index in [0.29, 0.717) is 18.1 Å². The Morgan fingerprint density at radius 2 is 1.95 bits per heavy atom. The van der Waals surface area contributed by atoms with Gasteiger partial charge >= 0.3 is 0 Å². The van der Waals surface area contributed by atoms with Crippen LogP contribution in [-0.4, -0.2) is 30.3 Å². The van der Waals surface area contributed by atoms with Gasteiger partial charge in [-0.25, -0.2) is 0 Å². The van der Waals surface area contributed by atoms with E-state index in [1.165, 1.54) is 5.56 Å². The fourth-order valence-electron chi connectivity index (χ4n) is 2.40. The Kier molecular flexibility index (Phi) is 4.54. The van der Waals surface area contributed by atoms with Crippen molar-refractivity contribution in [3.8, 4) is 0 Å². The van der Waals surface area contributed by atoms with E-state index in [1.54, 1.807) is 0 Å². The number of carbonyl (C=O) groups excluding carboxylic acids is 1. The largest absolute Gasteiger partial charge is 0.299 e. The third-order valence-corrected chi connectivity index (χ3v) is 3.80. The van der Waals surface area contributed by atoms with Crippen molar-refractivity contribution >= 4 is 11.9 Å². The Bertz CT molecular complexity index is 471. The van der Waals surface area contributed by atoms with Gasteiger partial charge in [-0.3, -0.25) is 9.69 Å². The zero-order valence-corrected chi connectivity index (χ0v) is 12.1. The zero-order chi connectivity index (χ0) is 13.8. The molecular formula is C17H23NO. The van der Waals surface area contributed by atoms with Gasteiger partial charge in [-0.1, -0.05) is 45.0 Å². The third kappa shape index (κ3) is 3.54. The molecule has 1 fully saturated rings. The zero-order valence-electron chi connectivity index (χ0n) is 12.1. The van der Waals surface area contributed by atoms with Crippen molar-refractivity contribution in [3.05, 3.63) is 41.0 Å². The second-order valence-electron chi connectivity index (χ2n) is 5.53. The highest BCUT2D eigenvalue weighted by Gasteiger charge is 2.19. The SMILES string of the molecule is CCN1CCC(=O)/C(=C/c2ccc(C(C)C)cc2)C1. The van der Waals surface area contributed by atoms with Gasteiger partial charge in [0, 0.05) is 25.1 Å². The predicted molar refractivity (Wildman–Crippen MR) is 80.2 cm³/mol. The van der Waals surface area contributed by atoms with E-state index in [2.05, 4.69) is 49.9 Å². The number of carbonyl (C=O) groups is 1. The van der Waals surface area contributed by atoms with E-state index in [9.17, 15) is 4.79 Å². The predicted octanol–water partition coefficient (Wildman–Crippen LogP) is 3.49. The van der Waals surface area contributed by atoms with E-state index in [4.69, 9.17) is 0 Å². The first-order valence-corrected chi connectivity index (χ1v) is 7.16. The van der Waals surface area contributed by atoms with Crippen LogP contribution in [0.15, 0.2) is 29.8 Å². The number of hydrogen-bond donors (Lipinski definition) is 0. The van der Waals surface area contributed by atoms with E-state index in [1.807, 2.05) is 6.08 Å². The summed E-state index contributed by atoms with van der Waals surface area (Å²) in [6.07, 6.45) is 2.71. The number of rotatable bonds is 3. The molecule has 0 aliphatic carbocycles. The summed E-state index contributed by atoms with van der Waals surface area (Å²) in [5.74, 6) is 0.853. The monoisotopic (exact) mass is 257 g/mol. The molecule has 0 atom stereocenters. The molecule has 0 radical (unpaired) electrons. The van der Waals surface area contributed by atoms with Gasteiger partial charge in [0.15, 0.2) is 5.78 Å². The minimum Gasteiger partial charge on any atom is -0.299 e. The van der Waals surface area contributed by atoms with E-state index in [0.717, 1.165) is 30.8 Å². The Hall–Kier alpha value is -1.41. The maximum Gasteiger partial charge on any atom is 0.161 e. The topological polar surface area (TPSA) is 20.3 Å². The molecule has 1 saturated heterocycles. The van der Waals surface area contributed by atoms with Crippen LogP contribution in [0.5, 0.6) is 0 Å². The van der Waals surface area contributed by atoms with E-state index in [-0.39, 0.29) is 0 Å². The van der Waals surface area contributed by atoms with Gasteiger partial charge in [0.05, 0.1) is 0 Å². The Morgan fingerprint density at radius 3 is 2.53 bits per heavy atom. The smallest absolute Gasteiger partial charge is 0.161 e. The van der Waals surface area contributed by atoms with E-state index < -0.39 is 0 Å². The summed E-state index contributed by atoms with van der Waals surface area (Å²) in [7, 11) is 0. The average molecular weight is 257 g/mol. The second-order valence-corrected chi connectivity index (χ2v) is 5.53. The molecule has 0 spiro atoms. The standard InChI is InChI=1S/C17H23NO/c1-4-18-10-9-17(19)16(12-18)11-14-5-7-15(8-6-14)13(2)3/h5-8,11,13H,4,9-10,12H2,1-3H3/b16-11+. The van der Waals surface area contributed by atoms with Crippen molar-refractivity contribution < 1.29 is 4.79 Å². The van der Waals surface area contributed by atoms with Gasteiger partial charge in [-0.05, 0) is 29.7 Å². The van der Waals surface area contributed by atoms with Crippen LogP contribution < -0.4 is 0 Å². The summed E-state index contributed by atoms with van der Waals surface area (Å²) < 4.78 is 0. The highest BCUT2D eigenvalue weighted by Crippen LogP contribution is 2.19. The first-order chi connectivity index (χ1) is 9.10. The summed E-state index contributed by atoms with van der Waals surface area (Å²) in [4.78, 5) is 14.3. The van der Waals surface area contributed by atoms with Gasteiger partial charge in [-0.15, -0.1) is 0 Å². The molecular weight excluding hydrogens is 234 g/mol. The Balaban J connectivity index is 2.17. The molecule has 2 nitrogen and oxygen atoms in total. The van der Waals surface area contributed by atoms with E-state index >= 15 is 0 Å². The molecule has 2 heteroatoms. The lowest BCUT2D eigenvalue weighted by Gasteiger charge is -2.26. The minimum atomic E-state index is 0.303. The molecule has 2 rings (SSSR count). The second kappa shape index (κ2) is 6.16. The van der Waals surface area contributed by atoms with Crippen LogP contribution in [0.2, 0.25) is 0 Å². The molecule has 0 amide bonds. The number of Topliss-reactive ketones (excluding diaryl/α,β-unsaturated/α-hetero) is 1. The van der Waals surface area contributed by atoms with Crippen molar-refractivity contribution in [1.29, 1.82) is 0 Å². The lowest BCUT2D eigenvalue weighted by Crippen LogP contribution is -2.35. The summed E-state index contributed by atoms with van der Waals surface area (Å²) in [6, 6.07) is 8.53. The molecule has 19 heavy (non-hydrogen) atoms. The van der Waals surface area contributed by atoms with Crippen LogP contribution in [0.1, 0.15) is 44.2 Å². The molecule has 1 aromatic rings. The lowest BCUT2D eigenvalue weighted by molar-refractivity contribution is -0.117. The van der Waals surface area contributed by atoms with Crippen molar-refractivity contribution in [2.45, 2.75) is 33.1 Å². The summed E-state index contributed by atoms with van der Waals surface area (Å²) in [6.45, 7) is 9.23. The fourth-order valence-corrected chi connectivity index (χ4v) is 2.40. The minimum absolute atomic E-state index is 0.303. The van der Waals surface area contributed by atoms with Crippen molar-refractivity contribution in [1.82, 2.24) is 4.90 Å². The summed E-state index contributed by atoms with van der Waals surface area (Å²) in [5.41, 5.74) is 3.42. The Labute approximate surface area is 116 Å². The van der Waals surface area contributed by atoms with Crippen LogP contribution in [0.4, 0.5) is 0 Å². The van der Waals surface area contributed by atoms with Crippen LogP contribution in [0, 0.1) is 0 Å². The maximum atomic E-state index is 11.9. The van der Waals surface area contributed by atoms with Gasteiger partial charge in [0.2, 0.25) is 0 Å². The van der Waals surface area contributed by atoms with Gasteiger partial charge in [0.25, 0.3) is 0 Å². The molecule has 0 bridgehead atoms. The molecule has 0 unspecified atom stereocenters. The van der Waals surface area contributed by atoms with Crippen molar-refractivity contribution in [2.75, 3.05) is 19.6 Å². The highest BCUT2D eigenvalue weighted by atomic mass is 16.1. The first kappa shape index (κ1) is 14.0. The summed E-state index contributed by atoms with van der Waals surface area (Å²) in [5, 5.41) is 0. The van der Waals surface area contributed by atoms with Crippen molar-refractivity contribution in [2.24, 2.45) is 0 Å². The van der Waals surface area contributed by atoms with Crippen LogP contribution in [0.25, 0.3) is 6.08 Å². The van der Waals surface area contributed by atoms with Crippen LogP contribution in [-0.2, 0) is 4.79 Å².